The van der Waals surface area contributed by atoms with Crippen molar-refractivity contribution in [2.24, 2.45) is 0 Å². The SMILES string of the molecule is CCC1(CC)CCOc2cc(C)c(C#Cc3cnc(CC(=O)O)nc3)cc21. The first-order valence-corrected chi connectivity index (χ1v) is 9.30. The second kappa shape index (κ2) is 7.79. The second-order valence-electron chi connectivity index (χ2n) is 6.96. The van der Waals surface area contributed by atoms with E-state index in [-0.39, 0.29) is 17.7 Å². The molecule has 3 rings (SSSR count). The maximum atomic E-state index is 10.7. The van der Waals surface area contributed by atoms with Crippen molar-refractivity contribution in [2.75, 3.05) is 6.61 Å². The molecule has 1 N–H and O–H groups in total. The van der Waals surface area contributed by atoms with Gasteiger partial charge in [0, 0.05) is 28.9 Å². The fourth-order valence-corrected chi connectivity index (χ4v) is 3.61. The Balaban J connectivity index is 1.93. The molecule has 0 saturated carbocycles. The van der Waals surface area contributed by atoms with Crippen LogP contribution in [0.3, 0.4) is 0 Å². The van der Waals surface area contributed by atoms with Gasteiger partial charge in [-0.05, 0) is 43.9 Å². The molecule has 0 aliphatic carbocycles. The first-order valence-electron chi connectivity index (χ1n) is 9.30. The Morgan fingerprint density at radius 3 is 2.56 bits per heavy atom. The van der Waals surface area contributed by atoms with Crippen molar-refractivity contribution < 1.29 is 14.6 Å². The van der Waals surface area contributed by atoms with Crippen LogP contribution in [-0.4, -0.2) is 27.7 Å². The summed E-state index contributed by atoms with van der Waals surface area (Å²) in [6.07, 6.45) is 6.13. The first-order chi connectivity index (χ1) is 13.0. The van der Waals surface area contributed by atoms with Gasteiger partial charge in [0.2, 0.25) is 0 Å². The molecule has 2 aromatic rings. The topological polar surface area (TPSA) is 72.3 Å². The number of aliphatic carboxylic acids is 1. The maximum Gasteiger partial charge on any atom is 0.311 e. The average Bonchev–Trinajstić information content (AvgIpc) is 2.66. The van der Waals surface area contributed by atoms with Gasteiger partial charge in [-0.1, -0.05) is 25.7 Å². The van der Waals surface area contributed by atoms with Gasteiger partial charge >= 0.3 is 5.97 Å². The molecule has 1 aliphatic heterocycles. The zero-order chi connectivity index (χ0) is 19.4. The van der Waals surface area contributed by atoms with E-state index in [1.807, 2.05) is 6.92 Å². The lowest BCUT2D eigenvalue weighted by Crippen LogP contribution is -2.32. The highest BCUT2D eigenvalue weighted by Crippen LogP contribution is 2.44. The standard InChI is InChI=1S/C22H24N2O3/c1-4-22(5-2)8-9-27-19-10-15(3)17(11-18(19)22)7-6-16-13-23-20(24-14-16)12-21(25)26/h10-11,13-14H,4-5,8-9,12H2,1-3H3,(H,25,26). The minimum absolute atomic E-state index is 0.152. The predicted octanol–water partition coefficient (Wildman–Crippen LogP) is 3.65. The normalized spacial score (nSPS) is 14.5. The molecule has 0 fully saturated rings. The van der Waals surface area contributed by atoms with Crippen LogP contribution in [0.1, 0.15) is 61.2 Å². The number of fused-ring (bicyclic) bond motifs is 1. The maximum absolute atomic E-state index is 10.7. The summed E-state index contributed by atoms with van der Waals surface area (Å²) in [5.41, 5.74) is 4.11. The van der Waals surface area contributed by atoms with E-state index in [4.69, 9.17) is 9.84 Å². The monoisotopic (exact) mass is 364 g/mol. The molecule has 140 valence electrons. The largest absolute Gasteiger partial charge is 0.493 e. The summed E-state index contributed by atoms with van der Waals surface area (Å²) in [7, 11) is 0. The Morgan fingerprint density at radius 1 is 1.22 bits per heavy atom. The van der Waals surface area contributed by atoms with Crippen molar-refractivity contribution >= 4 is 5.97 Å². The number of aryl methyl sites for hydroxylation is 1. The van der Waals surface area contributed by atoms with E-state index in [0.717, 1.165) is 42.7 Å². The fourth-order valence-electron chi connectivity index (χ4n) is 3.61. The Kier molecular flexibility index (Phi) is 5.46. The zero-order valence-corrected chi connectivity index (χ0v) is 16.0. The van der Waals surface area contributed by atoms with Gasteiger partial charge in [0.05, 0.1) is 12.2 Å². The molecule has 1 aliphatic rings. The Hall–Kier alpha value is -2.87. The third-order valence-electron chi connectivity index (χ3n) is 5.45. The molecule has 0 spiro atoms. The lowest BCUT2D eigenvalue weighted by molar-refractivity contribution is -0.136. The number of benzene rings is 1. The number of carboxylic acids is 1. The zero-order valence-electron chi connectivity index (χ0n) is 16.0. The van der Waals surface area contributed by atoms with Gasteiger partial charge in [-0.2, -0.15) is 0 Å². The van der Waals surface area contributed by atoms with E-state index in [0.29, 0.717) is 5.56 Å². The smallest absolute Gasteiger partial charge is 0.311 e. The highest BCUT2D eigenvalue weighted by atomic mass is 16.5. The molecule has 5 nitrogen and oxygen atoms in total. The summed E-state index contributed by atoms with van der Waals surface area (Å²) < 4.78 is 5.91. The Morgan fingerprint density at radius 2 is 1.93 bits per heavy atom. The molecular weight excluding hydrogens is 340 g/mol. The van der Waals surface area contributed by atoms with Crippen LogP contribution < -0.4 is 4.74 Å². The van der Waals surface area contributed by atoms with Gasteiger partial charge in [0.1, 0.15) is 18.0 Å². The minimum Gasteiger partial charge on any atom is -0.493 e. The fraction of sp³-hybridized carbons (Fsp3) is 0.409. The van der Waals surface area contributed by atoms with E-state index in [1.54, 1.807) is 12.4 Å². The van der Waals surface area contributed by atoms with Crippen molar-refractivity contribution in [3.05, 3.63) is 52.6 Å². The van der Waals surface area contributed by atoms with Crippen molar-refractivity contribution in [3.8, 4) is 17.6 Å². The number of carboxylic acid groups (broad SMARTS) is 1. The quantitative estimate of drug-likeness (QED) is 0.839. The highest BCUT2D eigenvalue weighted by molar-refractivity contribution is 5.68. The van der Waals surface area contributed by atoms with Crippen molar-refractivity contribution in [3.63, 3.8) is 0 Å². The Bertz CT molecular complexity index is 904. The van der Waals surface area contributed by atoms with Crippen molar-refractivity contribution in [1.82, 2.24) is 9.97 Å². The molecule has 27 heavy (non-hydrogen) atoms. The van der Waals surface area contributed by atoms with E-state index in [2.05, 4.69) is 47.8 Å². The number of ether oxygens (including phenoxy) is 1. The molecule has 0 unspecified atom stereocenters. The van der Waals surface area contributed by atoms with Gasteiger partial charge in [-0.25, -0.2) is 9.97 Å². The van der Waals surface area contributed by atoms with Crippen LogP contribution in [0.2, 0.25) is 0 Å². The lowest BCUT2D eigenvalue weighted by Gasteiger charge is -2.38. The number of aromatic nitrogens is 2. The number of carbonyl (C=O) groups is 1. The van der Waals surface area contributed by atoms with Crippen LogP contribution >= 0.6 is 0 Å². The van der Waals surface area contributed by atoms with Gasteiger partial charge in [0.15, 0.2) is 0 Å². The van der Waals surface area contributed by atoms with Gasteiger partial charge in [-0.15, -0.1) is 0 Å². The van der Waals surface area contributed by atoms with E-state index < -0.39 is 5.97 Å². The van der Waals surface area contributed by atoms with Crippen molar-refractivity contribution in [2.45, 2.75) is 51.9 Å². The number of hydrogen-bond donors (Lipinski definition) is 1. The van der Waals surface area contributed by atoms with Crippen LogP contribution in [0.5, 0.6) is 5.75 Å². The van der Waals surface area contributed by atoms with E-state index in [9.17, 15) is 4.79 Å². The lowest BCUT2D eigenvalue weighted by atomic mass is 9.71. The summed E-state index contributed by atoms with van der Waals surface area (Å²) in [6.45, 7) is 7.27. The van der Waals surface area contributed by atoms with Crippen LogP contribution in [0, 0.1) is 18.8 Å². The summed E-state index contributed by atoms with van der Waals surface area (Å²) in [5, 5.41) is 8.78. The van der Waals surface area contributed by atoms with Crippen LogP contribution in [0.15, 0.2) is 24.5 Å². The molecule has 2 heterocycles. The van der Waals surface area contributed by atoms with Gasteiger partial charge in [-0.3, -0.25) is 4.79 Å². The summed E-state index contributed by atoms with van der Waals surface area (Å²) in [6, 6.07) is 4.26. The minimum atomic E-state index is -0.948. The van der Waals surface area contributed by atoms with Gasteiger partial charge in [0.25, 0.3) is 0 Å². The molecule has 0 saturated heterocycles. The molecule has 0 bridgehead atoms. The van der Waals surface area contributed by atoms with Crippen LogP contribution in [-0.2, 0) is 16.6 Å². The molecule has 5 heteroatoms. The molecule has 0 radical (unpaired) electrons. The molecule has 1 aromatic heterocycles. The van der Waals surface area contributed by atoms with E-state index >= 15 is 0 Å². The first kappa shape index (κ1) is 18.9. The molecule has 0 amide bonds. The Labute approximate surface area is 159 Å². The van der Waals surface area contributed by atoms with Gasteiger partial charge < -0.3 is 9.84 Å². The third-order valence-corrected chi connectivity index (χ3v) is 5.45. The third kappa shape index (κ3) is 3.95. The second-order valence-corrected chi connectivity index (χ2v) is 6.96. The molecular formula is C22H24N2O3. The molecule has 1 aromatic carbocycles. The number of rotatable bonds is 4. The van der Waals surface area contributed by atoms with E-state index in [1.165, 1.54) is 5.56 Å². The van der Waals surface area contributed by atoms with Crippen LogP contribution in [0.25, 0.3) is 0 Å². The average molecular weight is 364 g/mol. The highest BCUT2D eigenvalue weighted by Gasteiger charge is 2.35. The molecule has 0 atom stereocenters. The van der Waals surface area contributed by atoms with Crippen molar-refractivity contribution in [1.29, 1.82) is 0 Å². The van der Waals surface area contributed by atoms with Crippen LogP contribution in [0.4, 0.5) is 0 Å². The summed E-state index contributed by atoms with van der Waals surface area (Å²) >= 11 is 0. The summed E-state index contributed by atoms with van der Waals surface area (Å²) in [5.74, 6) is 6.63. The predicted molar refractivity (Wildman–Crippen MR) is 103 cm³/mol. The summed E-state index contributed by atoms with van der Waals surface area (Å²) in [4.78, 5) is 18.8. The number of hydrogen-bond acceptors (Lipinski definition) is 4. The number of nitrogens with zero attached hydrogens (tertiary/aromatic N) is 2.